The van der Waals surface area contributed by atoms with Crippen molar-refractivity contribution >= 4 is 21.6 Å². The highest BCUT2D eigenvalue weighted by Crippen LogP contribution is 2.17. The molecular weight excluding hydrogens is 341 g/mol. The number of aromatic nitrogens is 2. The molecule has 2 N–H and O–H groups in total. The first kappa shape index (κ1) is 15.5. The number of nitrogens with two attached hydrogens (primary N) is 1. The average molecular weight is 356 g/mol. The second kappa shape index (κ2) is 6.26. The van der Waals surface area contributed by atoms with Crippen LogP contribution in [0.5, 0.6) is 0 Å². The van der Waals surface area contributed by atoms with Crippen LogP contribution in [0.25, 0.3) is 0 Å². The van der Waals surface area contributed by atoms with Crippen LogP contribution in [0.3, 0.4) is 0 Å². The predicted octanol–water partition coefficient (Wildman–Crippen LogP) is 1.95. The van der Waals surface area contributed by atoms with E-state index in [1.165, 1.54) is 29.0 Å². The molecule has 0 aliphatic carbocycles. The molecule has 0 aliphatic heterocycles. The van der Waals surface area contributed by atoms with E-state index >= 15 is 0 Å². The second-order valence-electron chi connectivity index (χ2n) is 4.70. The number of benzene rings is 1. The number of hydrogen-bond acceptors (Lipinski definition) is 3. The Labute approximate surface area is 129 Å². The van der Waals surface area contributed by atoms with E-state index in [0.29, 0.717) is 12.1 Å². The van der Waals surface area contributed by atoms with Crippen LogP contribution in [0.1, 0.15) is 18.9 Å². The van der Waals surface area contributed by atoms with Crippen molar-refractivity contribution in [1.29, 1.82) is 0 Å². The van der Waals surface area contributed by atoms with Crippen LogP contribution in [0.4, 0.5) is 10.1 Å². The third kappa shape index (κ3) is 3.24. The molecule has 1 aromatic carbocycles. The lowest BCUT2D eigenvalue weighted by molar-refractivity contribution is 0.572. The van der Waals surface area contributed by atoms with Gasteiger partial charge in [-0.05, 0) is 40.0 Å². The highest BCUT2D eigenvalue weighted by atomic mass is 79.9. The van der Waals surface area contributed by atoms with Gasteiger partial charge in [0.05, 0.1) is 11.0 Å². The Balaban J connectivity index is 2.50. The lowest BCUT2D eigenvalue weighted by Crippen LogP contribution is -2.40. The molecule has 0 unspecified atom stereocenters. The summed E-state index contributed by atoms with van der Waals surface area (Å²) in [4.78, 5) is 24.3. The highest BCUT2D eigenvalue weighted by Gasteiger charge is 2.10. The van der Waals surface area contributed by atoms with Crippen LogP contribution in [0.2, 0.25) is 0 Å². The van der Waals surface area contributed by atoms with Crippen LogP contribution in [0.15, 0.2) is 38.5 Å². The fourth-order valence-electron chi connectivity index (χ4n) is 2.04. The Morgan fingerprint density at radius 3 is 2.67 bits per heavy atom. The molecule has 2 rings (SSSR count). The molecule has 1 heterocycles. The van der Waals surface area contributed by atoms with E-state index in [1.54, 1.807) is 0 Å². The van der Waals surface area contributed by atoms with Crippen LogP contribution >= 0.6 is 15.9 Å². The zero-order valence-electron chi connectivity index (χ0n) is 11.5. The zero-order chi connectivity index (χ0) is 15.6. The minimum absolute atomic E-state index is 0.0178. The first-order valence-electron chi connectivity index (χ1n) is 6.47. The molecule has 0 atom stereocenters. The smallest absolute Gasteiger partial charge is 0.331 e. The van der Waals surface area contributed by atoms with Crippen molar-refractivity contribution in [2.45, 2.75) is 26.4 Å². The van der Waals surface area contributed by atoms with E-state index in [0.717, 1.165) is 11.0 Å². The van der Waals surface area contributed by atoms with E-state index in [-0.39, 0.29) is 16.7 Å². The van der Waals surface area contributed by atoms with E-state index in [2.05, 4.69) is 15.9 Å². The number of hydrogen-bond donors (Lipinski definition) is 1. The summed E-state index contributed by atoms with van der Waals surface area (Å²) in [6, 6.07) is 4.34. The van der Waals surface area contributed by atoms with Crippen molar-refractivity contribution in [1.82, 2.24) is 9.13 Å². The first-order chi connectivity index (χ1) is 9.93. The first-order valence-corrected chi connectivity index (χ1v) is 7.27. The molecule has 0 radical (unpaired) electrons. The van der Waals surface area contributed by atoms with Crippen LogP contribution < -0.4 is 17.0 Å². The maximum atomic E-state index is 13.2. The predicted molar refractivity (Wildman–Crippen MR) is 82.9 cm³/mol. The van der Waals surface area contributed by atoms with E-state index in [9.17, 15) is 14.0 Å². The molecule has 0 aliphatic rings. The Bertz CT molecular complexity index is 783. The average Bonchev–Trinajstić information content (AvgIpc) is 2.45. The van der Waals surface area contributed by atoms with Crippen molar-refractivity contribution in [2.24, 2.45) is 0 Å². The molecule has 0 saturated heterocycles. The molecule has 0 saturated carbocycles. The van der Waals surface area contributed by atoms with E-state index in [4.69, 9.17) is 5.73 Å². The largest absolute Gasteiger partial charge is 0.393 e. The van der Waals surface area contributed by atoms with Gasteiger partial charge in [0.25, 0.3) is 5.56 Å². The van der Waals surface area contributed by atoms with Gasteiger partial charge in [0.15, 0.2) is 0 Å². The van der Waals surface area contributed by atoms with Gasteiger partial charge in [0, 0.05) is 12.7 Å². The molecule has 0 bridgehead atoms. The molecule has 0 amide bonds. The summed E-state index contributed by atoms with van der Waals surface area (Å²) in [6.07, 6.45) is 2.12. The Morgan fingerprint density at radius 2 is 2.05 bits per heavy atom. The minimum atomic E-state index is -0.534. The maximum absolute atomic E-state index is 13.2. The van der Waals surface area contributed by atoms with Gasteiger partial charge in [0.2, 0.25) is 0 Å². The number of nitrogen functional groups attached to an aromatic ring is 1. The summed E-state index contributed by atoms with van der Waals surface area (Å²) in [7, 11) is 0. The Hall–Kier alpha value is -1.89. The normalized spacial score (nSPS) is 10.8. The van der Waals surface area contributed by atoms with Crippen molar-refractivity contribution in [3.05, 3.63) is 61.1 Å². The lowest BCUT2D eigenvalue weighted by atomic mass is 10.2. The van der Waals surface area contributed by atoms with Crippen LogP contribution in [-0.2, 0) is 13.1 Å². The Morgan fingerprint density at radius 1 is 1.33 bits per heavy atom. The molecule has 0 spiro atoms. The van der Waals surface area contributed by atoms with Gasteiger partial charge in [-0.25, -0.2) is 9.18 Å². The summed E-state index contributed by atoms with van der Waals surface area (Å²) in [6.45, 7) is 2.46. The maximum Gasteiger partial charge on any atom is 0.331 e. The summed E-state index contributed by atoms with van der Waals surface area (Å²) in [5.74, 6) is -0.401. The molecular formula is C14H15BrFN3O2. The second-order valence-corrected chi connectivity index (χ2v) is 5.55. The quantitative estimate of drug-likeness (QED) is 0.911. The van der Waals surface area contributed by atoms with Crippen LogP contribution in [0, 0.1) is 5.82 Å². The molecule has 2 aromatic rings. The third-order valence-electron chi connectivity index (χ3n) is 3.05. The van der Waals surface area contributed by atoms with Gasteiger partial charge in [-0.15, -0.1) is 0 Å². The highest BCUT2D eigenvalue weighted by molar-refractivity contribution is 9.10. The number of anilines is 1. The van der Waals surface area contributed by atoms with Gasteiger partial charge in [0.1, 0.15) is 11.5 Å². The summed E-state index contributed by atoms with van der Waals surface area (Å²) >= 11 is 3.08. The van der Waals surface area contributed by atoms with E-state index < -0.39 is 17.1 Å². The monoisotopic (exact) mass is 355 g/mol. The third-order valence-corrected chi connectivity index (χ3v) is 3.66. The Kier molecular flexibility index (Phi) is 4.62. The fraction of sp³-hybridized carbons (Fsp3) is 0.286. The SMILES string of the molecule is CCCn1cc(N)c(=O)n(Cc2ccc(F)c(Br)c2)c1=O. The van der Waals surface area contributed by atoms with Crippen molar-refractivity contribution in [2.75, 3.05) is 5.73 Å². The molecule has 7 heteroatoms. The van der Waals surface area contributed by atoms with Crippen molar-refractivity contribution in [3.63, 3.8) is 0 Å². The summed E-state index contributed by atoms with van der Waals surface area (Å²) in [5.41, 5.74) is 5.36. The number of rotatable bonds is 4. The molecule has 21 heavy (non-hydrogen) atoms. The summed E-state index contributed by atoms with van der Waals surface area (Å²) in [5, 5.41) is 0. The summed E-state index contributed by atoms with van der Waals surface area (Å²) < 4.78 is 16.0. The number of halogens is 2. The topological polar surface area (TPSA) is 70.0 Å². The van der Waals surface area contributed by atoms with E-state index in [1.807, 2.05) is 6.92 Å². The zero-order valence-corrected chi connectivity index (χ0v) is 13.1. The van der Waals surface area contributed by atoms with Gasteiger partial charge in [-0.3, -0.25) is 13.9 Å². The van der Waals surface area contributed by atoms with Gasteiger partial charge < -0.3 is 5.73 Å². The lowest BCUT2D eigenvalue weighted by Gasteiger charge is -2.11. The molecule has 112 valence electrons. The molecule has 1 aromatic heterocycles. The van der Waals surface area contributed by atoms with Crippen molar-refractivity contribution < 1.29 is 4.39 Å². The van der Waals surface area contributed by atoms with Gasteiger partial charge in [-0.1, -0.05) is 13.0 Å². The van der Waals surface area contributed by atoms with Gasteiger partial charge >= 0.3 is 5.69 Å². The number of aryl methyl sites for hydroxylation is 1. The fourth-order valence-corrected chi connectivity index (χ4v) is 2.46. The van der Waals surface area contributed by atoms with Crippen molar-refractivity contribution in [3.8, 4) is 0 Å². The van der Waals surface area contributed by atoms with Gasteiger partial charge in [-0.2, -0.15) is 0 Å². The number of nitrogens with zero attached hydrogens (tertiary/aromatic N) is 2. The molecule has 5 nitrogen and oxygen atoms in total. The minimum Gasteiger partial charge on any atom is -0.393 e. The van der Waals surface area contributed by atoms with Crippen LogP contribution in [-0.4, -0.2) is 9.13 Å². The standard InChI is InChI=1S/C14H15BrFN3O2/c1-2-5-18-8-12(17)13(20)19(14(18)21)7-9-3-4-11(16)10(15)6-9/h3-4,6,8H,2,5,7,17H2,1H3. The molecule has 0 fully saturated rings.